The number of methoxy groups -OCH3 is 1. The molecule has 172 valence electrons. The molecule has 0 aliphatic heterocycles. The molecule has 0 aromatic heterocycles. The fourth-order valence-corrected chi connectivity index (χ4v) is 1.24. The van der Waals surface area contributed by atoms with Crippen molar-refractivity contribution in [2.75, 3.05) is 13.7 Å². The average Bonchev–Trinajstić information content (AvgIpc) is 2.69. The number of nitrogens with two attached hydrogens (primary N) is 1. The Morgan fingerprint density at radius 1 is 1.07 bits per heavy atom. The Morgan fingerprint density at radius 3 is 1.76 bits per heavy atom. The van der Waals surface area contributed by atoms with Crippen LogP contribution in [0.1, 0.15) is 54.9 Å². The minimum Gasteiger partial charge on any atom is -0.485 e. The number of carbonyl (C=O) groups excluding carboxylic acids is 1. The van der Waals surface area contributed by atoms with Crippen molar-refractivity contribution in [1.82, 2.24) is 0 Å². The van der Waals surface area contributed by atoms with Crippen molar-refractivity contribution in [1.29, 1.82) is 0 Å². The van der Waals surface area contributed by atoms with Gasteiger partial charge < -0.3 is 25.1 Å². The summed E-state index contributed by atoms with van der Waals surface area (Å²) in [4.78, 5) is 10.1. The highest BCUT2D eigenvalue weighted by Crippen LogP contribution is 2.26. The molecule has 0 aliphatic rings. The van der Waals surface area contributed by atoms with Crippen molar-refractivity contribution < 1.29 is 36.9 Å². The van der Waals surface area contributed by atoms with Gasteiger partial charge in [-0.1, -0.05) is 27.7 Å². The molecule has 5 nitrogen and oxygen atoms in total. The standard InChI is InChI=1S/C11H11F4NO3.C5H12O.2C2H6/c12-5-3-6(13)10(15)11(9(5)14)19-4-8(18)7(16)1-2-17;1-5(2,3)6-4;2*1-2/h2-3,7-8,18H,1,4,16H2;1-4H3;2*1-2H3. The van der Waals surface area contributed by atoms with Crippen molar-refractivity contribution in [3.63, 3.8) is 0 Å². The summed E-state index contributed by atoms with van der Waals surface area (Å²) in [6.07, 6.45) is -1.18. The highest BCUT2D eigenvalue weighted by Gasteiger charge is 2.23. The number of halogens is 4. The van der Waals surface area contributed by atoms with E-state index in [-0.39, 0.29) is 18.1 Å². The van der Waals surface area contributed by atoms with Gasteiger partial charge >= 0.3 is 0 Å². The number of hydrogen-bond acceptors (Lipinski definition) is 5. The van der Waals surface area contributed by atoms with Crippen molar-refractivity contribution in [2.45, 2.75) is 72.6 Å². The topological polar surface area (TPSA) is 81.8 Å². The third-order valence-corrected chi connectivity index (χ3v) is 2.94. The second-order valence-electron chi connectivity index (χ2n) is 6.06. The third-order valence-electron chi connectivity index (χ3n) is 2.94. The van der Waals surface area contributed by atoms with E-state index in [9.17, 15) is 27.5 Å². The summed E-state index contributed by atoms with van der Waals surface area (Å²) in [5, 5.41) is 9.39. The molecule has 9 heteroatoms. The molecule has 0 fully saturated rings. The largest absolute Gasteiger partial charge is 0.485 e. The lowest BCUT2D eigenvalue weighted by Crippen LogP contribution is -2.39. The van der Waals surface area contributed by atoms with Crippen LogP contribution in [0.2, 0.25) is 0 Å². The lowest BCUT2D eigenvalue weighted by molar-refractivity contribution is -0.108. The third kappa shape index (κ3) is 14.0. The van der Waals surface area contributed by atoms with Gasteiger partial charge in [0.05, 0.1) is 5.60 Å². The van der Waals surface area contributed by atoms with Crippen LogP contribution >= 0.6 is 0 Å². The SMILES string of the molecule is CC.CC.COC(C)(C)C.NC(CC=O)C(O)COc1c(F)c(F)cc(F)c1F. The van der Waals surface area contributed by atoms with E-state index in [0.29, 0.717) is 6.29 Å². The smallest absolute Gasteiger partial charge is 0.203 e. The molecule has 0 aliphatic carbocycles. The minimum atomic E-state index is -1.71. The van der Waals surface area contributed by atoms with E-state index in [1.54, 1.807) is 7.11 Å². The van der Waals surface area contributed by atoms with Crippen molar-refractivity contribution in [3.05, 3.63) is 29.3 Å². The molecule has 1 aromatic carbocycles. The Hall–Kier alpha value is -1.71. The molecule has 1 rings (SSSR count). The summed E-state index contributed by atoms with van der Waals surface area (Å²) in [7, 11) is 1.71. The number of ether oxygens (including phenoxy) is 2. The normalized spacial score (nSPS) is 12.1. The summed E-state index contributed by atoms with van der Waals surface area (Å²) in [6.45, 7) is 13.3. The maximum Gasteiger partial charge on any atom is 0.203 e. The van der Waals surface area contributed by atoms with Gasteiger partial charge in [-0.05, 0) is 20.8 Å². The van der Waals surface area contributed by atoms with Crippen LogP contribution in [-0.2, 0) is 9.53 Å². The molecule has 0 saturated heterocycles. The molecule has 0 amide bonds. The van der Waals surface area contributed by atoms with E-state index in [1.165, 1.54) is 0 Å². The first-order valence-electron chi connectivity index (χ1n) is 9.32. The zero-order valence-corrected chi connectivity index (χ0v) is 18.5. The van der Waals surface area contributed by atoms with Crippen molar-refractivity contribution in [2.24, 2.45) is 5.73 Å². The Morgan fingerprint density at radius 2 is 1.45 bits per heavy atom. The lowest BCUT2D eigenvalue weighted by Gasteiger charge is -2.17. The van der Waals surface area contributed by atoms with Gasteiger partial charge in [0.25, 0.3) is 0 Å². The molecule has 1 aromatic rings. The monoisotopic (exact) mass is 429 g/mol. The first-order valence-corrected chi connectivity index (χ1v) is 9.32. The first kappa shape index (κ1) is 32.0. The average molecular weight is 429 g/mol. The lowest BCUT2D eigenvalue weighted by atomic mass is 10.1. The van der Waals surface area contributed by atoms with Crippen LogP contribution in [-0.4, -0.2) is 42.9 Å². The van der Waals surface area contributed by atoms with Crippen LogP contribution in [0.3, 0.4) is 0 Å². The highest BCUT2D eigenvalue weighted by molar-refractivity contribution is 5.50. The van der Waals surface area contributed by atoms with Gasteiger partial charge in [-0.15, -0.1) is 0 Å². The fourth-order valence-electron chi connectivity index (χ4n) is 1.24. The van der Waals surface area contributed by atoms with Gasteiger partial charge in [-0.25, -0.2) is 8.78 Å². The van der Waals surface area contributed by atoms with Crippen molar-refractivity contribution in [3.8, 4) is 5.75 Å². The zero-order valence-electron chi connectivity index (χ0n) is 18.5. The molecule has 0 bridgehead atoms. The molecule has 0 radical (unpaired) electrons. The summed E-state index contributed by atoms with van der Waals surface area (Å²) < 4.78 is 61.4. The quantitative estimate of drug-likeness (QED) is 0.398. The number of benzene rings is 1. The molecular weight excluding hydrogens is 394 g/mol. The van der Waals surface area contributed by atoms with Gasteiger partial charge in [0.2, 0.25) is 11.6 Å². The fraction of sp³-hybridized carbons (Fsp3) is 0.650. The van der Waals surface area contributed by atoms with E-state index in [2.05, 4.69) is 4.74 Å². The number of hydrogen-bond donors (Lipinski definition) is 2. The molecular formula is C20H35F4NO4. The van der Waals surface area contributed by atoms with E-state index >= 15 is 0 Å². The number of carbonyl (C=O) groups is 1. The van der Waals surface area contributed by atoms with Gasteiger partial charge in [0, 0.05) is 25.6 Å². The second kappa shape index (κ2) is 17.2. The maximum atomic E-state index is 13.2. The molecule has 0 spiro atoms. The maximum absolute atomic E-state index is 13.2. The second-order valence-corrected chi connectivity index (χ2v) is 6.06. The minimum absolute atomic E-state index is 0.0338. The molecule has 0 heterocycles. The Balaban J connectivity index is -0.000000570. The molecule has 29 heavy (non-hydrogen) atoms. The van der Waals surface area contributed by atoms with E-state index in [1.807, 2.05) is 48.5 Å². The Kier molecular flexibility index (Phi) is 18.9. The first-order chi connectivity index (χ1) is 13.4. The van der Waals surface area contributed by atoms with Crippen molar-refractivity contribution >= 4 is 6.29 Å². The summed E-state index contributed by atoms with van der Waals surface area (Å²) >= 11 is 0. The van der Waals surface area contributed by atoms with Gasteiger partial charge in [-0.3, -0.25) is 0 Å². The van der Waals surface area contributed by atoms with Crippen LogP contribution in [0.25, 0.3) is 0 Å². The predicted molar refractivity (Wildman–Crippen MR) is 106 cm³/mol. The molecule has 0 saturated carbocycles. The number of aliphatic hydroxyl groups excluding tert-OH is 1. The van der Waals surface area contributed by atoms with Crippen LogP contribution in [0.5, 0.6) is 5.75 Å². The van der Waals surface area contributed by atoms with E-state index in [0.717, 1.165) is 0 Å². The Labute approximate surface area is 171 Å². The summed E-state index contributed by atoms with van der Waals surface area (Å²) in [5.74, 6) is -7.96. The van der Waals surface area contributed by atoms with Gasteiger partial charge in [-0.2, -0.15) is 8.78 Å². The van der Waals surface area contributed by atoms with Crippen LogP contribution in [0, 0.1) is 23.3 Å². The molecule has 3 N–H and O–H groups in total. The van der Waals surface area contributed by atoms with Gasteiger partial charge in [0.15, 0.2) is 17.4 Å². The Bertz CT molecular complexity index is 540. The molecule has 2 unspecified atom stereocenters. The zero-order chi connectivity index (χ0) is 23.8. The molecule has 2 atom stereocenters. The van der Waals surface area contributed by atoms with Gasteiger partial charge in [0.1, 0.15) is 19.0 Å². The van der Waals surface area contributed by atoms with Crippen LogP contribution in [0.15, 0.2) is 6.07 Å². The summed E-state index contributed by atoms with van der Waals surface area (Å²) in [5.41, 5.74) is 5.37. The number of rotatable bonds is 6. The predicted octanol–water partition coefficient (Wildman–Crippen LogP) is 4.38. The highest BCUT2D eigenvalue weighted by atomic mass is 19.2. The number of aldehydes is 1. The van der Waals surface area contributed by atoms with Crippen LogP contribution in [0.4, 0.5) is 17.6 Å². The van der Waals surface area contributed by atoms with E-state index in [4.69, 9.17) is 10.5 Å². The summed E-state index contributed by atoms with van der Waals surface area (Å²) in [6, 6.07) is -0.978. The number of aliphatic hydroxyl groups is 1. The van der Waals surface area contributed by atoms with Crippen LogP contribution < -0.4 is 10.5 Å². The van der Waals surface area contributed by atoms with E-state index < -0.39 is 47.8 Å².